The molecule has 0 aliphatic rings. The molecule has 0 aromatic carbocycles. The lowest BCUT2D eigenvalue weighted by molar-refractivity contribution is 0.101. The van der Waals surface area contributed by atoms with E-state index < -0.39 is 11.2 Å². The summed E-state index contributed by atoms with van der Waals surface area (Å²) in [5.41, 5.74) is 0.0705. The van der Waals surface area contributed by atoms with Crippen molar-refractivity contribution in [1.82, 2.24) is 9.55 Å². The molecule has 0 fully saturated rings. The minimum atomic E-state index is -0.526. The van der Waals surface area contributed by atoms with Crippen LogP contribution >= 0.6 is 11.3 Å². The third-order valence-electron chi connectivity index (χ3n) is 2.64. The molecule has 2 aromatic rings. The molecule has 0 atom stereocenters. The van der Waals surface area contributed by atoms with Crippen LogP contribution in [0.3, 0.4) is 0 Å². The number of Topliss-reactive ketones (excluding diaryl/α,β-unsaturated/α-hetero) is 1. The number of carbonyl (C=O) groups excluding carboxylic acids is 1. The van der Waals surface area contributed by atoms with E-state index in [9.17, 15) is 14.4 Å². The number of nitrogens with zero attached hydrogens (tertiary/aromatic N) is 1. The summed E-state index contributed by atoms with van der Waals surface area (Å²) in [5.74, 6) is -0.347. The second-order valence-corrected chi connectivity index (χ2v) is 4.68. The number of nitrogens with one attached hydrogen (secondary N) is 1. The summed E-state index contributed by atoms with van der Waals surface area (Å²) >= 11 is 1.56. The summed E-state index contributed by atoms with van der Waals surface area (Å²) in [4.78, 5) is 37.1. The molecule has 0 aliphatic heterocycles. The first kappa shape index (κ1) is 12.5. The zero-order valence-electron chi connectivity index (χ0n) is 9.80. The lowest BCUT2D eigenvalue weighted by Crippen LogP contribution is -2.38. The molecular formula is C12H12N2O3S. The van der Waals surface area contributed by atoms with Gasteiger partial charge in [-0.05, 0) is 35.7 Å². The average molecular weight is 264 g/mol. The number of ketones is 1. The molecule has 0 saturated heterocycles. The number of thiophene rings is 1. The number of carbonyl (C=O) groups is 1. The van der Waals surface area contributed by atoms with Crippen LogP contribution in [0.15, 0.2) is 32.6 Å². The molecule has 0 bridgehead atoms. The van der Waals surface area contributed by atoms with Crippen LogP contribution < -0.4 is 11.2 Å². The molecule has 94 valence electrons. The SMILES string of the molecule is CC(=O)c1c[nH]c(=O)n(CCc2ccsc2)c1=O. The van der Waals surface area contributed by atoms with Crippen molar-refractivity contribution in [3.05, 3.63) is 55.0 Å². The molecular weight excluding hydrogens is 252 g/mol. The summed E-state index contributed by atoms with van der Waals surface area (Å²) < 4.78 is 1.06. The maximum Gasteiger partial charge on any atom is 0.328 e. The molecule has 2 heterocycles. The molecule has 0 saturated carbocycles. The van der Waals surface area contributed by atoms with Gasteiger partial charge in [-0.3, -0.25) is 14.2 Å². The third kappa shape index (κ3) is 2.48. The maximum atomic E-state index is 11.9. The molecule has 0 amide bonds. The summed E-state index contributed by atoms with van der Waals surface area (Å²) in [7, 11) is 0. The Morgan fingerprint density at radius 1 is 1.44 bits per heavy atom. The zero-order chi connectivity index (χ0) is 13.1. The van der Waals surface area contributed by atoms with Gasteiger partial charge in [0.2, 0.25) is 0 Å². The van der Waals surface area contributed by atoms with E-state index in [1.165, 1.54) is 13.1 Å². The minimum absolute atomic E-state index is 0.0138. The van der Waals surface area contributed by atoms with Crippen molar-refractivity contribution in [2.75, 3.05) is 0 Å². The van der Waals surface area contributed by atoms with Gasteiger partial charge in [0.15, 0.2) is 5.78 Å². The molecule has 1 N–H and O–H groups in total. The van der Waals surface area contributed by atoms with Crippen LogP contribution in [0.1, 0.15) is 22.8 Å². The second kappa shape index (κ2) is 5.14. The van der Waals surface area contributed by atoms with Crippen molar-refractivity contribution in [2.24, 2.45) is 0 Å². The predicted octanol–water partition coefficient (Wildman–Crippen LogP) is 1.04. The van der Waals surface area contributed by atoms with Gasteiger partial charge in [-0.15, -0.1) is 0 Å². The van der Waals surface area contributed by atoms with E-state index in [1.807, 2.05) is 16.8 Å². The molecule has 0 spiro atoms. The van der Waals surface area contributed by atoms with E-state index in [0.717, 1.165) is 10.1 Å². The summed E-state index contributed by atoms with van der Waals surface area (Å²) in [6.45, 7) is 1.57. The van der Waals surface area contributed by atoms with Crippen molar-refractivity contribution in [3.63, 3.8) is 0 Å². The first-order valence-corrected chi connectivity index (χ1v) is 6.38. The van der Waals surface area contributed by atoms with Gasteiger partial charge < -0.3 is 4.98 Å². The third-order valence-corrected chi connectivity index (χ3v) is 3.38. The second-order valence-electron chi connectivity index (χ2n) is 3.90. The van der Waals surface area contributed by atoms with Crippen molar-refractivity contribution >= 4 is 17.1 Å². The van der Waals surface area contributed by atoms with E-state index in [1.54, 1.807) is 11.3 Å². The van der Waals surface area contributed by atoms with Crippen molar-refractivity contribution in [1.29, 1.82) is 0 Å². The van der Waals surface area contributed by atoms with Gasteiger partial charge in [-0.25, -0.2) is 4.79 Å². The fourth-order valence-electron chi connectivity index (χ4n) is 1.64. The van der Waals surface area contributed by atoms with Crippen LogP contribution in [0, 0.1) is 0 Å². The van der Waals surface area contributed by atoms with Gasteiger partial charge in [0.1, 0.15) is 0 Å². The predicted molar refractivity (Wildman–Crippen MR) is 69.4 cm³/mol. The zero-order valence-corrected chi connectivity index (χ0v) is 10.6. The molecule has 18 heavy (non-hydrogen) atoms. The number of aryl methyl sites for hydroxylation is 1. The first-order valence-electron chi connectivity index (χ1n) is 5.44. The van der Waals surface area contributed by atoms with E-state index in [-0.39, 0.29) is 17.9 Å². The highest BCUT2D eigenvalue weighted by atomic mass is 32.1. The van der Waals surface area contributed by atoms with Crippen molar-refractivity contribution in [3.8, 4) is 0 Å². The Labute approximate surface area is 107 Å². The lowest BCUT2D eigenvalue weighted by atomic mass is 10.2. The van der Waals surface area contributed by atoms with Crippen LogP contribution in [-0.4, -0.2) is 15.3 Å². The average Bonchev–Trinajstić information content (AvgIpc) is 2.81. The quantitative estimate of drug-likeness (QED) is 0.839. The highest BCUT2D eigenvalue weighted by molar-refractivity contribution is 7.07. The van der Waals surface area contributed by atoms with Crippen molar-refractivity contribution in [2.45, 2.75) is 19.9 Å². The van der Waals surface area contributed by atoms with E-state index in [4.69, 9.17) is 0 Å². The normalized spacial score (nSPS) is 10.5. The molecule has 0 radical (unpaired) electrons. The number of H-pyrrole nitrogens is 1. The fraction of sp³-hybridized carbons (Fsp3) is 0.250. The van der Waals surface area contributed by atoms with E-state index in [0.29, 0.717) is 6.42 Å². The van der Waals surface area contributed by atoms with Crippen LogP contribution in [0.4, 0.5) is 0 Å². The largest absolute Gasteiger partial charge is 0.328 e. The standard InChI is InChI=1S/C12H12N2O3S/c1-8(15)10-6-13-12(17)14(11(10)16)4-2-9-3-5-18-7-9/h3,5-7H,2,4H2,1H3,(H,13,17). The van der Waals surface area contributed by atoms with Gasteiger partial charge >= 0.3 is 5.69 Å². The van der Waals surface area contributed by atoms with E-state index >= 15 is 0 Å². The molecule has 0 aliphatic carbocycles. The minimum Gasteiger partial charge on any atom is -0.313 e. The number of aromatic nitrogens is 2. The molecule has 5 nitrogen and oxygen atoms in total. The topological polar surface area (TPSA) is 71.9 Å². The smallest absolute Gasteiger partial charge is 0.313 e. The summed E-state index contributed by atoms with van der Waals surface area (Å²) in [6.07, 6.45) is 1.77. The molecule has 6 heteroatoms. The Morgan fingerprint density at radius 2 is 2.22 bits per heavy atom. The highest BCUT2D eigenvalue weighted by Crippen LogP contribution is 2.06. The summed E-state index contributed by atoms with van der Waals surface area (Å²) in [6, 6.07) is 1.94. The number of hydrogen-bond donors (Lipinski definition) is 1. The van der Waals surface area contributed by atoms with Crippen molar-refractivity contribution < 1.29 is 4.79 Å². The van der Waals surface area contributed by atoms with E-state index in [2.05, 4.69) is 4.98 Å². The Bertz CT molecular complexity index is 667. The van der Waals surface area contributed by atoms with Crippen LogP contribution in [0.25, 0.3) is 0 Å². The molecule has 2 aromatic heterocycles. The van der Waals surface area contributed by atoms with Crippen LogP contribution in [0.2, 0.25) is 0 Å². The Morgan fingerprint density at radius 3 is 2.83 bits per heavy atom. The Balaban J connectivity index is 2.32. The maximum absolute atomic E-state index is 11.9. The van der Waals surface area contributed by atoms with Crippen LogP contribution in [-0.2, 0) is 13.0 Å². The monoisotopic (exact) mass is 264 g/mol. The summed E-state index contributed by atoms with van der Waals surface area (Å²) in [5, 5.41) is 3.91. The fourth-order valence-corrected chi connectivity index (χ4v) is 2.35. The van der Waals surface area contributed by atoms with Gasteiger partial charge in [0.25, 0.3) is 5.56 Å². The lowest BCUT2D eigenvalue weighted by Gasteiger charge is -2.04. The van der Waals surface area contributed by atoms with Gasteiger partial charge in [-0.2, -0.15) is 11.3 Å². The highest BCUT2D eigenvalue weighted by Gasteiger charge is 2.10. The van der Waals surface area contributed by atoms with Crippen LogP contribution in [0.5, 0.6) is 0 Å². The number of hydrogen-bond acceptors (Lipinski definition) is 4. The molecule has 2 rings (SSSR count). The first-order chi connectivity index (χ1) is 8.59. The molecule has 0 unspecified atom stereocenters. The Hall–Kier alpha value is -1.95. The number of aromatic amines is 1. The van der Waals surface area contributed by atoms with Gasteiger partial charge in [-0.1, -0.05) is 0 Å². The Kier molecular flexibility index (Phi) is 3.57. The number of rotatable bonds is 4. The van der Waals surface area contributed by atoms with Gasteiger partial charge in [0, 0.05) is 12.7 Å². The van der Waals surface area contributed by atoms with Gasteiger partial charge in [0.05, 0.1) is 5.56 Å².